The number of hydrogen-bond acceptors (Lipinski definition) is 2. The lowest BCUT2D eigenvalue weighted by Gasteiger charge is -2.11. The van der Waals surface area contributed by atoms with Crippen molar-refractivity contribution < 1.29 is 9.84 Å². The number of hydrogen-bond donors (Lipinski definition) is 1. The molecule has 2 nitrogen and oxygen atoms in total. The van der Waals surface area contributed by atoms with E-state index in [0.717, 1.165) is 11.1 Å². The first-order valence-electron chi connectivity index (χ1n) is 6.64. The fourth-order valence-electron chi connectivity index (χ4n) is 1.95. The Morgan fingerprint density at radius 1 is 1.10 bits per heavy atom. The number of rotatable bonds is 4. The summed E-state index contributed by atoms with van der Waals surface area (Å²) >= 11 is 6.16. The van der Waals surface area contributed by atoms with Gasteiger partial charge < -0.3 is 9.84 Å². The van der Waals surface area contributed by atoms with Gasteiger partial charge in [0.2, 0.25) is 0 Å². The van der Waals surface area contributed by atoms with Crippen LogP contribution in [0.3, 0.4) is 0 Å². The number of aliphatic hydroxyl groups is 1. The molecule has 0 aliphatic heterocycles. The van der Waals surface area contributed by atoms with Gasteiger partial charge in [0.25, 0.3) is 0 Å². The number of ether oxygens (including phenoxy) is 1. The smallest absolute Gasteiger partial charge is 0.138 e. The molecule has 0 unspecified atom stereocenters. The summed E-state index contributed by atoms with van der Waals surface area (Å²) in [7, 11) is 0. The van der Waals surface area contributed by atoms with E-state index in [4.69, 9.17) is 16.3 Å². The summed E-state index contributed by atoms with van der Waals surface area (Å²) in [5.74, 6) is 0.634. The molecule has 0 amide bonds. The molecule has 0 fully saturated rings. The monoisotopic (exact) mass is 290 g/mol. The van der Waals surface area contributed by atoms with E-state index >= 15 is 0 Å². The first-order chi connectivity index (χ1) is 9.47. The van der Waals surface area contributed by atoms with Gasteiger partial charge in [-0.25, -0.2) is 0 Å². The molecule has 0 radical (unpaired) electrons. The molecular formula is C17H19ClO2. The highest BCUT2D eigenvalue weighted by Crippen LogP contribution is 2.28. The van der Waals surface area contributed by atoms with Crippen LogP contribution in [0.2, 0.25) is 5.02 Å². The largest absolute Gasteiger partial charge is 0.487 e. The van der Waals surface area contributed by atoms with Crippen LogP contribution in [0.15, 0.2) is 36.4 Å². The van der Waals surface area contributed by atoms with E-state index < -0.39 is 6.10 Å². The maximum Gasteiger partial charge on any atom is 0.138 e. The molecule has 0 heterocycles. The molecule has 0 bridgehead atoms. The number of aryl methyl sites for hydroxylation is 2. The van der Waals surface area contributed by atoms with Crippen molar-refractivity contribution in [3.05, 3.63) is 63.7 Å². The second kappa shape index (κ2) is 6.29. The molecule has 1 atom stereocenters. The quantitative estimate of drug-likeness (QED) is 0.892. The molecule has 2 aromatic rings. The van der Waals surface area contributed by atoms with Crippen molar-refractivity contribution in [2.24, 2.45) is 0 Å². The molecule has 3 heteroatoms. The van der Waals surface area contributed by atoms with Crippen LogP contribution in [0.1, 0.15) is 35.3 Å². The SMILES string of the molecule is Cc1ccc(COc2ccc([C@H](C)O)cc2Cl)cc1C. The molecule has 0 aliphatic rings. The summed E-state index contributed by atoms with van der Waals surface area (Å²) in [5.41, 5.74) is 4.42. The maximum absolute atomic E-state index is 9.50. The van der Waals surface area contributed by atoms with E-state index in [2.05, 4.69) is 32.0 Å². The lowest BCUT2D eigenvalue weighted by atomic mass is 10.1. The summed E-state index contributed by atoms with van der Waals surface area (Å²) in [6.07, 6.45) is -0.527. The third-order valence-corrected chi connectivity index (χ3v) is 3.70. The molecule has 0 saturated heterocycles. The van der Waals surface area contributed by atoms with Gasteiger partial charge in [-0.15, -0.1) is 0 Å². The van der Waals surface area contributed by atoms with Crippen molar-refractivity contribution in [1.82, 2.24) is 0 Å². The van der Waals surface area contributed by atoms with Crippen LogP contribution in [0.25, 0.3) is 0 Å². The molecule has 106 valence electrons. The van der Waals surface area contributed by atoms with Gasteiger partial charge >= 0.3 is 0 Å². The predicted molar refractivity (Wildman–Crippen MR) is 82.3 cm³/mol. The van der Waals surface area contributed by atoms with Crippen LogP contribution in [-0.2, 0) is 6.61 Å². The Morgan fingerprint density at radius 3 is 2.45 bits per heavy atom. The van der Waals surface area contributed by atoms with Crippen molar-refractivity contribution in [2.75, 3.05) is 0 Å². The first kappa shape index (κ1) is 14.9. The highest BCUT2D eigenvalue weighted by atomic mass is 35.5. The van der Waals surface area contributed by atoms with E-state index in [0.29, 0.717) is 17.4 Å². The highest BCUT2D eigenvalue weighted by molar-refractivity contribution is 6.32. The van der Waals surface area contributed by atoms with Crippen LogP contribution in [0.5, 0.6) is 5.75 Å². The lowest BCUT2D eigenvalue weighted by Crippen LogP contribution is -1.98. The molecule has 1 N–H and O–H groups in total. The van der Waals surface area contributed by atoms with Crippen molar-refractivity contribution in [3.63, 3.8) is 0 Å². The standard InChI is InChI=1S/C17H19ClO2/c1-11-4-5-14(8-12(11)2)10-20-17-7-6-15(13(3)19)9-16(17)18/h4-9,13,19H,10H2,1-3H3/t13-/m0/s1. The number of benzene rings is 2. The van der Waals surface area contributed by atoms with Gasteiger partial charge in [0.15, 0.2) is 0 Å². The minimum atomic E-state index is -0.527. The Labute approximate surface area is 125 Å². The number of aliphatic hydroxyl groups excluding tert-OH is 1. The summed E-state index contributed by atoms with van der Waals surface area (Å²) in [4.78, 5) is 0. The summed E-state index contributed by atoms with van der Waals surface area (Å²) < 4.78 is 5.74. The van der Waals surface area contributed by atoms with Crippen LogP contribution < -0.4 is 4.74 Å². The first-order valence-corrected chi connectivity index (χ1v) is 7.01. The summed E-state index contributed by atoms with van der Waals surface area (Å²) in [6.45, 7) is 6.37. The van der Waals surface area contributed by atoms with E-state index in [1.54, 1.807) is 19.1 Å². The van der Waals surface area contributed by atoms with Gasteiger partial charge in [-0.2, -0.15) is 0 Å². The second-order valence-corrected chi connectivity index (χ2v) is 5.48. The molecule has 20 heavy (non-hydrogen) atoms. The van der Waals surface area contributed by atoms with Crippen LogP contribution in [0, 0.1) is 13.8 Å². The van der Waals surface area contributed by atoms with Crippen molar-refractivity contribution >= 4 is 11.6 Å². The van der Waals surface area contributed by atoms with E-state index in [1.807, 2.05) is 6.07 Å². The maximum atomic E-state index is 9.50. The zero-order valence-corrected chi connectivity index (χ0v) is 12.7. The van der Waals surface area contributed by atoms with Crippen molar-refractivity contribution in [2.45, 2.75) is 33.5 Å². The zero-order chi connectivity index (χ0) is 14.7. The van der Waals surface area contributed by atoms with Crippen LogP contribution in [0.4, 0.5) is 0 Å². The van der Waals surface area contributed by atoms with E-state index in [9.17, 15) is 5.11 Å². The predicted octanol–water partition coefficient (Wildman–Crippen LogP) is 4.59. The highest BCUT2D eigenvalue weighted by Gasteiger charge is 2.07. The minimum Gasteiger partial charge on any atom is -0.487 e. The van der Waals surface area contributed by atoms with E-state index in [-0.39, 0.29) is 0 Å². The van der Waals surface area contributed by atoms with Gasteiger partial charge in [-0.1, -0.05) is 35.9 Å². The molecule has 0 saturated carbocycles. The Kier molecular flexibility index (Phi) is 4.69. The van der Waals surface area contributed by atoms with Crippen LogP contribution in [-0.4, -0.2) is 5.11 Å². The average molecular weight is 291 g/mol. The molecule has 0 aliphatic carbocycles. The Morgan fingerprint density at radius 2 is 1.85 bits per heavy atom. The topological polar surface area (TPSA) is 29.5 Å². The van der Waals surface area contributed by atoms with Crippen molar-refractivity contribution in [3.8, 4) is 5.75 Å². The van der Waals surface area contributed by atoms with Gasteiger partial charge in [0, 0.05) is 0 Å². The summed E-state index contributed by atoms with van der Waals surface area (Å²) in [5, 5.41) is 10.0. The van der Waals surface area contributed by atoms with E-state index in [1.165, 1.54) is 11.1 Å². The number of halogens is 1. The summed E-state index contributed by atoms with van der Waals surface area (Å²) in [6, 6.07) is 11.6. The third kappa shape index (κ3) is 3.53. The molecule has 0 spiro atoms. The van der Waals surface area contributed by atoms with Crippen molar-refractivity contribution in [1.29, 1.82) is 0 Å². The second-order valence-electron chi connectivity index (χ2n) is 5.07. The van der Waals surface area contributed by atoms with Crippen LogP contribution >= 0.6 is 11.6 Å². The Balaban J connectivity index is 2.09. The molecule has 0 aromatic heterocycles. The average Bonchev–Trinajstić information content (AvgIpc) is 2.41. The normalized spacial score (nSPS) is 12.2. The molecule has 2 aromatic carbocycles. The Bertz CT molecular complexity index is 606. The minimum absolute atomic E-state index is 0.481. The molecule has 2 rings (SSSR count). The van der Waals surface area contributed by atoms with Gasteiger partial charge in [0.1, 0.15) is 12.4 Å². The zero-order valence-electron chi connectivity index (χ0n) is 12.0. The fourth-order valence-corrected chi connectivity index (χ4v) is 2.19. The lowest BCUT2D eigenvalue weighted by molar-refractivity contribution is 0.199. The van der Waals surface area contributed by atoms with Gasteiger partial charge in [-0.05, 0) is 55.2 Å². The fraction of sp³-hybridized carbons (Fsp3) is 0.294. The van der Waals surface area contributed by atoms with Gasteiger partial charge in [-0.3, -0.25) is 0 Å². The third-order valence-electron chi connectivity index (χ3n) is 3.40. The molecular weight excluding hydrogens is 272 g/mol. The Hall–Kier alpha value is -1.51. The van der Waals surface area contributed by atoms with Gasteiger partial charge in [0.05, 0.1) is 11.1 Å².